The van der Waals surface area contributed by atoms with Gasteiger partial charge in [-0.2, -0.15) is 13.9 Å². The summed E-state index contributed by atoms with van der Waals surface area (Å²) in [5, 5.41) is 10.2. The lowest BCUT2D eigenvalue weighted by Crippen LogP contribution is -2.19. The minimum absolute atomic E-state index is 0.141. The van der Waals surface area contributed by atoms with Crippen LogP contribution < -0.4 is 10.1 Å². The molecule has 0 unspecified atom stereocenters. The molecule has 2 rings (SSSR count). The summed E-state index contributed by atoms with van der Waals surface area (Å²) in [6.45, 7) is 2.88. The summed E-state index contributed by atoms with van der Waals surface area (Å²) < 4.78 is 29.5. The van der Waals surface area contributed by atoms with E-state index in [1.807, 2.05) is 0 Å². The number of aromatic amines is 1. The van der Waals surface area contributed by atoms with Crippen LogP contribution in [0.4, 0.5) is 8.78 Å². The maximum atomic E-state index is 12.5. The molecule has 21 heavy (non-hydrogen) atoms. The van der Waals surface area contributed by atoms with Gasteiger partial charge in [0.2, 0.25) is 0 Å². The van der Waals surface area contributed by atoms with Gasteiger partial charge in [-0.3, -0.25) is 5.10 Å². The van der Waals surface area contributed by atoms with E-state index in [0.29, 0.717) is 23.7 Å². The third kappa shape index (κ3) is 4.26. The second-order valence-corrected chi connectivity index (χ2v) is 5.17. The third-order valence-corrected chi connectivity index (χ3v) is 2.96. The molecule has 114 valence electrons. The van der Waals surface area contributed by atoms with Crippen molar-refractivity contribution in [3.8, 4) is 17.0 Å². The van der Waals surface area contributed by atoms with Crippen LogP contribution in [0.1, 0.15) is 19.4 Å². The lowest BCUT2D eigenvalue weighted by Gasteiger charge is -2.11. The molecular weight excluding hydrogens is 276 g/mol. The van der Waals surface area contributed by atoms with E-state index >= 15 is 0 Å². The molecule has 0 aliphatic carbocycles. The first-order valence-electron chi connectivity index (χ1n) is 6.85. The molecule has 0 amide bonds. The van der Waals surface area contributed by atoms with Gasteiger partial charge in [-0.25, -0.2) is 0 Å². The van der Waals surface area contributed by atoms with Crippen LogP contribution in [0.5, 0.6) is 5.75 Å². The normalized spacial score (nSPS) is 11.3. The number of hydrogen-bond acceptors (Lipinski definition) is 3. The van der Waals surface area contributed by atoms with E-state index in [9.17, 15) is 8.78 Å². The molecule has 0 radical (unpaired) electrons. The van der Waals surface area contributed by atoms with E-state index in [4.69, 9.17) is 0 Å². The highest BCUT2D eigenvalue weighted by molar-refractivity contribution is 5.69. The number of aromatic nitrogens is 2. The average molecular weight is 295 g/mol. The van der Waals surface area contributed by atoms with Crippen molar-refractivity contribution in [2.45, 2.75) is 27.0 Å². The van der Waals surface area contributed by atoms with E-state index in [1.54, 1.807) is 24.4 Å². The lowest BCUT2D eigenvalue weighted by atomic mass is 10.1. The molecule has 6 heteroatoms. The van der Waals surface area contributed by atoms with Gasteiger partial charge >= 0.3 is 6.61 Å². The number of ether oxygens (including phenoxy) is 1. The van der Waals surface area contributed by atoms with Gasteiger partial charge in [0.15, 0.2) is 0 Å². The Morgan fingerprint density at radius 1 is 1.29 bits per heavy atom. The zero-order valence-corrected chi connectivity index (χ0v) is 12.1. The summed E-state index contributed by atoms with van der Waals surface area (Å²) in [6, 6.07) is 6.69. The first-order valence-corrected chi connectivity index (χ1v) is 6.85. The average Bonchev–Trinajstić information content (AvgIpc) is 2.86. The fourth-order valence-corrected chi connectivity index (χ4v) is 2.05. The van der Waals surface area contributed by atoms with Crippen LogP contribution in [0.3, 0.4) is 0 Å². The molecule has 0 atom stereocenters. The van der Waals surface area contributed by atoms with E-state index in [-0.39, 0.29) is 5.75 Å². The largest absolute Gasteiger partial charge is 0.434 e. The highest BCUT2D eigenvalue weighted by atomic mass is 19.3. The Labute approximate surface area is 122 Å². The predicted octanol–water partition coefficient (Wildman–Crippen LogP) is 3.42. The maximum Gasteiger partial charge on any atom is 0.387 e. The van der Waals surface area contributed by atoms with Gasteiger partial charge in [-0.05, 0) is 24.6 Å². The Morgan fingerprint density at radius 3 is 2.76 bits per heavy atom. The summed E-state index contributed by atoms with van der Waals surface area (Å²) in [4.78, 5) is 0. The van der Waals surface area contributed by atoms with Crippen LogP contribution in [0.15, 0.2) is 30.5 Å². The second kappa shape index (κ2) is 7.17. The molecule has 2 aromatic rings. The molecule has 0 saturated heterocycles. The van der Waals surface area contributed by atoms with E-state index in [0.717, 1.165) is 12.1 Å². The fraction of sp³-hybridized carbons (Fsp3) is 0.400. The zero-order chi connectivity index (χ0) is 15.2. The molecule has 0 aliphatic heterocycles. The molecule has 0 fully saturated rings. The lowest BCUT2D eigenvalue weighted by molar-refractivity contribution is -0.0494. The summed E-state index contributed by atoms with van der Waals surface area (Å²) in [5.74, 6) is 0.677. The van der Waals surface area contributed by atoms with Gasteiger partial charge < -0.3 is 10.1 Å². The number of nitrogens with one attached hydrogen (secondary N) is 2. The molecule has 0 bridgehead atoms. The molecule has 1 heterocycles. The van der Waals surface area contributed by atoms with Crippen molar-refractivity contribution in [2.75, 3.05) is 6.54 Å². The Bertz CT molecular complexity index is 570. The number of nitrogens with zero attached hydrogens (tertiary/aromatic N) is 1. The van der Waals surface area contributed by atoms with E-state index in [1.165, 1.54) is 6.07 Å². The van der Waals surface area contributed by atoms with Gasteiger partial charge in [-0.15, -0.1) is 0 Å². The number of rotatable bonds is 7. The van der Waals surface area contributed by atoms with Crippen molar-refractivity contribution >= 4 is 0 Å². The standard InChI is InChI=1S/C15H19F2N3O/c1-10(2)7-18-8-11-9-19-20-14(11)12-5-3-4-6-13(12)21-15(16)17/h3-6,9-10,15,18H,7-8H2,1-2H3,(H,19,20). The van der Waals surface area contributed by atoms with Crippen LogP contribution in [-0.4, -0.2) is 23.4 Å². The summed E-state index contributed by atoms with van der Waals surface area (Å²) in [6.07, 6.45) is 1.70. The van der Waals surface area contributed by atoms with Crippen molar-refractivity contribution in [1.82, 2.24) is 15.5 Å². The first-order chi connectivity index (χ1) is 10.1. The van der Waals surface area contributed by atoms with Crippen molar-refractivity contribution < 1.29 is 13.5 Å². The molecule has 0 saturated carbocycles. The summed E-state index contributed by atoms with van der Waals surface area (Å²) >= 11 is 0. The number of alkyl halides is 2. The smallest absolute Gasteiger partial charge is 0.387 e. The Kier molecular flexibility index (Phi) is 5.27. The molecule has 1 aromatic heterocycles. The minimum Gasteiger partial charge on any atom is -0.434 e. The van der Waals surface area contributed by atoms with Crippen LogP contribution in [-0.2, 0) is 6.54 Å². The van der Waals surface area contributed by atoms with Gasteiger partial charge in [0.1, 0.15) is 5.75 Å². The Hall–Kier alpha value is -1.95. The monoisotopic (exact) mass is 295 g/mol. The number of halogens is 2. The topological polar surface area (TPSA) is 49.9 Å². The van der Waals surface area contributed by atoms with Gasteiger partial charge in [0.25, 0.3) is 0 Å². The van der Waals surface area contributed by atoms with Gasteiger partial charge in [0, 0.05) is 17.7 Å². The van der Waals surface area contributed by atoms with E-state index < -0.39 is 6.61 Å². The first kappa shape index (κ1) is 15.4. The molecular formula is C15H19F2N3O. The Morgan fingerprint density at radius 2 is 2.05 bits per heavy atom. The van der Waals surface area contributed by atoms with Crippen molar-refractivity contribution in [3.63, 3.8) is 0 Å². The third-order valence-electron chi connectivity index (χ3n) is 2.96. The van der Waals surface area contributed by atoms with Crippen LogP contribution in [0.2, 0.25) is 0 Å². The predicted molar refractivity (Wildman–Crippen MR) is 77.2 cm³/mol. The second-order valence-electron chi connectivity index (χ2n) is 5.17. The van der Waals surface area contributed by atoms with Crippen LogP contribution >= 0.6 is 0 Å². The van der Waals surface area contributed by atoms with Gasteiger partial charge in [0.05, 0.1) is 11.9 Å². The van der Waals surface area contributed by atoms with Crippen LogP contribution in [0.25, 0.3) is 11.3 Å². The number of benzene rings is 1. The number of H-pyrrole nitrogens is 1. The van der Waals surface area contributed by atoms with Crippen LogP contribution in [0, 0.1) is 5.92 Å². The van der Waals surface area contributed by atoms with Crippen molar-refractivity contribution in [2.24, 2.45) is 5.92 Å². The molecule has 0 aliphatic rings. The minimum atomic E-state index is -2.85. The highest BCUT2D eigenvalue weighted by Crippen LogP contribution is 2.31. The number of para-hydroxylation sites is 1. The number of hydrogen-bond donors (Lipinski definition) is 2. The fourth-order valence-electron chi connectivity index (χ4n) is 2.05. The SMILES string of the molecule is CC(C)CNCc1cn[nH]c1-c1ccccc1OC(F)F. The molecule has 1 aromatic carbocycles. The van der Waals surface area contributed by atoms with E-state index in [2.05, 4.69) is 34.1 Å². The molecule has 0 spiro atoms. The van der Waals surface area contributed by atoms with Crippen molar-refractivity contribution in [3.05, 3.63) is 36.0 Å². The summed E-state index contributed by atoms with van der Waals surface area (Å²) in [5.41, 5.74) is 2.19. The Balaban J connectivity index is 2.20. The van der Waals surface area contributed by atoms with Crippen molar-refractivity contribution in [1.29, 1.82) is 0 Å². The maximum absolute atomic E-state index is 12.5. The summed E-state index contributed by atoms with van der Waals surface area (Å²) in [7, 11) is 0. The quantitative estimate of drug-likeness (QED) is 0.823. The molecule has 4 nitrogen and oxygen atoms in total. The highest BCUT2D eigenvalue weighted by Gasteiger charge is 2.15. The molecule has 2 N–H and O–H groups in total. The van der Waals surface area contributed by atoms with Gasteiger partial charge in [-0.1, -0.05) is 26.0 Å². The zero-order valence-electron chi connectivity index (χ0n) is 12.1.